The monoisotopic (exact) mass is 404 g/mol. The molecule has 0 radical (unpaired) electrons. The van der Waals surface area contributed by atoms with Gasteiger partial charge in [0.05, 0.1) is 6.61 Å². The molecule has 150 valence electrons. The Morgan fingerprint density at radius 2 is 1.64 bits per heavy atom. The first kappa shape index (κ1) is 21.8. The third kappa shape index (κ3) is 6.57. The van der Waals surface area contributed by atoms with E-state index in [1.54, 1.807) is 24.3 Å². The number of ether oxygens (including phenoxy) is 2. The molecule has 0 aliphatic rings. The van der Waals surface area contributed by atoms with E-state index in [1.807, 2.05) is 0 Å². The molecular formula is C22H25ClO5. The highest BCUT2D eigenvalue weighted by Gasteiger charge is 2.18. The van der Waals surface area contributed by atoms with Gasteiger partial charge in [-0.15, -0.1) is 0 Å². The van der Waals surface area contributed by atoms with Crippen LogP contribution in [0, 0.1) is 0 Å². The molecule has 0 spiro atoms. The lowest BCUT2D eigenvalue weighted by molar-refractivity contribution is 0.108. The van der Waals surface area contributed by atoms with E-state index in [1.165, 1.54) is 43.9 Å². The Kier molecular flexibility index (Phi) is 8.82. The molecule has 0 saturated heterocycles. The first-order valence-electron chi connectivity index (χ1n) is 9.49. The maximum atomic E-state index is 11.8. The zero-order chi connectivity index (χ0) is 20.4. The summed E-state index contributed by atoms with van der Waals surface area (Å²) in [5, 5.41) is 8.25. The highest BCUT2D eigenvalue weighted by Crippen LogP contribution is 2.35. The van der Waals surface area contributed by atoms with Gasteiger partial charge in [0.25, 0.3) is 5.24 Å². The van der Waals surface area contributed by atoms with Gasteiger partial charge in [0.1, 0.15) is 11.5 Å². The van der Waals surface area contributed by atoms with Gasteiger partial charge in [-0.2, -0.15) is 0 Å². The summed E-state index contributed by atoms with van der Waals surface area (Å²) in [6, 6.07) is 11.6. The average Bonchev–Trinajstić information content (AvgIpc) is 2.67. The molecule has 0 atom stereocenters. The molecule has 0 saturated carbocycles. The lowest BCUT2D eigenvalue weighted by Gasteiger charge is -2.12. The highest BCUT2D eigenvalue weighted by atomic mass is 35.5. The number of hydrogen-bond donors (Lipinski definition) is 1. The van der Waals surface area contributed by atoms with Crippen molar-refractivity contribution < 1.29 is 24.2 Å². The molecule has 0 unspecified atom stereocenters. The van der Waals surface area contributed by atoms with Gasteiger partial charge in [-0.25, -0.2) is 4.79 Å². The summed E-state index contributed by atoms with van der Waals surface area (Å²) in [4.78, 5) is 22.7. The lowest BCUT2D eigenvalue weighted by atomic mass is 9.99. The third-order valence-corrected chi connectivity index (χ3v) is 4.55. The van der Waals surface area contributed by atoms with Crippen LogP contribution in [0.15, 0.2) is 42.5 Å². The van der Waals surface area contributed by atoms with Gasteiger partial charge < -0.3 is 14.6 Å². The zero-order valence-corrected chi connectivity index (χ0v) is 16.7. The quantitative estimate of drug-likeness (QED) is 0.199. The number of carbonyl (C=O) groups excluding carboxylic acids is 1. The minimum Gasteiger partial charge on any atom is -0.494 e. The van der Waals surface area contributed by atoms with Crippen LogP contribution in [0.1, 0.15) is 55.8 Å². The SMILES string of the molecule is CCCCCCCCOc1ccc(-c2c(OC(=O)O)cccc2C(=O)Cl)cc1. The molecule has 1 N–H and O–H groups in total. The van der Waals surface area contributed by atoms with Crippen molar-refractivity contribution in [3.8, 4) is 22.6 Å². The molecule has 6 heteroatoms. The summed E-state index contributed by atoms with van der Waals surface area (Å²) < 4.78 is 10.6. The Morgan fingerprint density at radius 1 is 0.964 bits per heavy atom. The topological polar surface area (TPSA) is 72.8 Å². The van der Waals surface area contributed by atoms with E-state index in [2.05, 4.69) is 6.92 Å². The Labute approximate surface area is 170 Å². The van der Waals surface area contributed by atoms with Crippen LogP contribution in [0.5, 0.6) is 11.5 Å². The first-order chi connectivity index (χ1) is 13.5. The van der Waals surface area contributed by atoms with Crippen LogP contribution in [0.3, 0.4) is 0 Å². The second-order valence-electron chi connectivity index (χ2n) is 6.46. The van der Waals surface area contributed by atoms with Crippen LogP contribution in [-0.2, 0) is 0 Å². The number of rotatable bonds is 11. The molecule has 0 amide bonds. The number of benzene rings is 2. The number of hydrogen-bond acceptors (Lipinski definition) is 4. The number of carbonyl (C=O) groups is 2. The molecule has 0 bridgehead atoms. The Balaban J connectivity index is 2.06. The van der Waals surface area contributed by atoms with Crippen molar-refractivity contribution >= 4 is 23.0 Å². The number of halogens is 1. The summed E-state index contributed by atoms with van der Waals surface area (Å²) in [6.45, 7) is 2.85. The molecule has 0 aliphatic carbocycles. The fraction of sp³-hybridized carbons (Fsp3) is 0.364. The van der Waals surface area contributed by atoms with Crippen LogP contribution in [0.4, 0.5) is 4.79 Å². The summed E-state index contributed by atoms with van der Waals surface area (Å²) in [5.74, 6) is 0.771. The van der Waals surface area contributed by atoms with Crippen LogP contribution < -0.4 is 9.47 Å². The maximum absolute atomic E-state index is 11.8. The van der Waals surface area contributed by atoms with Gasteiger partial charge in [-0.3, -0.25) is 4.79 Å². The molecule has 0 heterocycles. The van der Waals surface area contributed by atoms with Crippen molar-refractivity contribution in [3.63, 3.8) is 0 Å². The summed E-state index contributed by atoms with van der Waals surface area (Å²) >= 11 is 5.66. The number of carboxylic acid groups (broad SMARTS) is 1. The predicted octanol–water partition coefficient (Wildman–Crippen LogP) is 6.53. The van der Waals surface area contributed by atoms with E-state index in [0.717, 1.165) is 12.8 Å². The molecule has 2 rings (SSSR count). The van der Waals surface area contributed by atoms with Crippen molar-refractivity contribution in [2.24, 2.45) is 0 Å². The Bertz CT molecular complexity index is 786. The molecule has 0 aliphatic heterocycles. The van der Waals surface area contributed by atoms with Gasteiger partial charge in [0.2, 0.25) is 0 Å². The summed E-state index contributed by atoms with van der Waals surface area (Å²) in [6.07, 6.45) is 5.71. The van der Waals surface area contributed by atoms with Crippen LogP contribution in [0.2, 0.25) is 0 Å². The van der Waals surface area contributed by atoms with Crippen molar-refractivity contribution in [1.82, 2.24) is 0 Å². The third-order valence-electron chi connectivity index (χ3n) is 4.34. The zero-order valence-electron chi connectivity index (χ0n) is 15.9. The smallest absolute Gasteiger partial charge is 0.494 e. The summed E-state index contributed by atoms with van der Waals surface area (Å²) in [5.41, 5.74) is 1.14. The van der Waals surface area contributed by atoms with Crippen molar-refractivity contribution in [1.29, 1.82) is 0 Å². The second-order valence-corrected chi connectivity index (χ2v) is 6.80. The Hall–Kier alpha value is -2.53. The van der Waals surface area contributed by atoms with Crippen LogP contribution in [-0.4, -0.2) is 23.1 Å². The van der Waals surface area contributed by atoms with E-state index in [0.29, 0.717) is 23.5 Å². The molecule has 0 aromatic heterocycles. The first-order valence-corrected chi connectivity index (χ1v) is 9.87. The number of unbranched alkanes of at least 4 members (excludes halogenated alkanes) is 5. The van der Waals surface area contributed by atoms with Gasteiger partial charge in [-0.05, 0) is 47.9 Å². The molecule has 0 fully saturated rings. The van der Waals surface area contributed by atoms with Gasteiger partial charge in [0, 0.05) is 11.1 Å². The van der Waals surface area contributed by atoms with E-state index < -0.39 is 11.4 Å². The molecule has 28 heavy (non-hydrogen) atoms. The molecule has 5 nitrogen and oxygen atoms in total. The second kappa shape index (κ2) is 11.3. The van der Waals surface area contributed by atoms with Gasteiger partial charge >= 0.3 is 6.16 Å². The normalized spacial score (nSPS) is 10.5. The maximum Gasteiger partial charge on any atom is 0.511 e. The van der Waals surface area contributed by atoms with E-state index in [9.17, 15) is 9.59 Å². The largest absolute Gasteiger partial charge is 0.511 e. The molecule has 2 aromatic carbocycles. The van der Waals surface area contributed by atoms with Crippen LogP contribution >= 0.6 is 11.6 Å². The highest BCUT2D eigenvalue weighted by molar-refractivity contribution is 6.68. The molecule has 2 aromatic rings. The van der Waals surface area contributed by atoms with E-state index in [-0.39, 0.29) is 11.3 Å². The van der Waals surface area contributed by atoms with Crippen molar-refractivity contribution in [2.45, 2.75) is 45.4 Å². The van der Waals surface area contributed by atoms with E-state index in [4.69, 9.17) is 26.2 Å². The van der Waals surface area contributed by atoms with Crippen molar-refractivity contribution in [2.75, 3.05) is 6.61 Å². The summed E-state index contributed by atoms with van der Waals surface area (Å²) in [7, 11) is 0. The lowest BCUT2D eigenvalue weighted by Crippen LogP contribution is -2.06. The fourth-order valence-corrected chi connectivity index (χ4v) is 3.12. The standard InChI is InChI=1S/C22H25ClO5/c1-2-3-4-5-6-7-15-27-17-13-11-16(12-14-17)20-18(21(23)24)9-8-10-19(20)28-22(25)26/h8-14H,2-7,15H2,1H3,(H,25,26). The van der Waals surface area contributed by atoms with Gasteiger partial charge in [0.15, 0.2) is 0 Å². The molecular weight excluding hydrogens is 380 g/mol. The van der Waals surface area contributed by atoms with Crippen molar-refractivity contribution in [3.05, 3.63) is 48.0 Å². The fourth-order valence-electron chi connectivity index (χ4n) is 2.96. The predicted molar refractivity (Wildman–Crippen MR) is 110 cm³/mol. The van der Waals surface area contributed by atoms with Gasteiger partial charge in [-0.1, -0.05) is 57.2 Å². The minimum atomic E-state index is -1.46. The minimum absolute atomic E-state index is 0.0553. The Morgan fingerprint density at radius 3 is 2.29 bits per heavy atom. The van der Waals surface area contributed by atoms with E-state index >= 15 is 0 Å². The van der Waals surface area contributed by atoms with Crippen LogP contribution in [0.25, 0.3) is 11.1 Å². The average molecular weight is 405 g/mol.